The lowest BCUT2D eigenvalue weighted by atomic mass is 9.76. The minimum Gasteiger partial charge on any atom is -0.392 e. The molecule has 2 aromatic rings. The van der Waals surface area contributed by atoms with Crippen molar-refractivity contribution in [2.24, 2.45) is 5.41 Å². The van der Waals surface area contributed by atoms with E-state index in [4.69, 9.17) is 0 Å². The van der Waals surface area contributed by atoms with Gasteiger partial charge in [0.1, 0.15) is 0 Å². The highest BCUT2D eigenvalue weighted by Crippen LogP contribution is 2.45. The molecule has 2 atom stereocenters. The molecule has 134 valence electrons. The van der Waals surface area contributed by atoms with Crippen LogP contribution in [0, 0.1) is 5.41 Å². The van der Waals surface area contributed by atoms with E-state index in [0.717, 1.165) is 63.6 Å². The number of amides is 1. The summed E-state index contributed by atoms with van der Waals surface area (Å²) in [7, 11) is 0. The van der Waals surface area contributed by atoms with Crippen molar-refractivity contribution in [2.75, 3.05) is 13.1 Å². The first-order valence-corrected chi connectivity index (χ1v) is 9.69. The number of nitrogens with zero attached hydrogens (tertiary/aromatic N) is 1. The zero-order valence-corrected chi connectivity index (χ0v) is 14.8. The highest BCUT2D eigenvalue weighted by Gasteiger charge is 2.45. The van der Waals surface area contributed by atoms with E-state index in [0.29, 0.717) is 6.42 Å². The van der Waals surface area contributed by atoms with Crippen molar-refractivity contribution in [3.8, 4) is 0 Å². The smallest absolute Gasteiger partial charge is 0.222 e. The number of benzene rings is 1. The van der Waals surface area contributed by atoms with Crippen LogP contribution in [-0.2, 0) is 11.2 Å². The van der Waals surface area contributed by atoms with Crippen LogP contribution in [0.25, 0.3) is 10.9 Å². The molecule has 0 unspecified atom stereocenters. The van der Waals surface area contributed by atoms with Crippen molar-refractivity contribution >= 4 is 16.8 Å². The van der Waals surface area contributed by atoms with Crippen molar-refractivity contribution in [2.45, 2.75) is 57.5 Å². The van der Waals surface area contributed by atoms with Gasteiger partial charge in [-0.1, -0.05) is 24.6 Å². The highest BCUT2D eigenvalue weighted by molar-refractivity contribution is 5.83. The monoisotopic (exact) mass is 340 g/mol. The van der Waals surface area contributed by atoms with Crippen LogP contribution in [0.1, 0.15) is 50.5 Å². The quantitative estimate of drug-likeness (QED) is 0.893. The first-order chi connectivity index (χ1) is 12.2. The summed E-state index contributed by atoms with van der Waals surface area (Å²) in [5, 5.41) is 11.6. The molecule has 4 rings (SSSR count). The number of H-pyrrole nitrogens is 1. The number of aliphatic hydroxyl groups is 1. The van der Waals surface area contributed by atoms with Crippen molar-refractivity contribution in [3.63, 3.8) is 0 Å². The molecule has 1 amide bonds. The first kappa shape index (κ1) is 16.6. The fourth-order valence-electron chi connectivity index (χ4n) is 4.90. The molecular weight excluding hydrogens is 312 g/mol. The first-order valence-electron chi connectivity index (χ1n) is 9.69. The third kappa shape index (κ3) is 3.20. The molecule has 1 saturated heterocycles. The minimum absolute atomic E-state index is 0.00918. The predicted octanol–water partition coefficient (Wildman–Crippen LogP) is 3.64. The van der Waals surface area contributed by atoms with E-state index < -0.39 is 0 Å². The number of aromatic amines is 1. The van der Waals surface area contributed by atoms with Gasteiger partial charge in [-0.2, -0.15) is 0 Å². The van der Waals surface area contributed by atoms with E-state index in [1.54, 1.807) is 0 Å². The average Bonchev–Trinajstić information content (AvgIpc) is 3.20. The average molecular weight is 340 g/mol. The van der Waals surface area contributed by atoms with Crippen LogP contribution in [0.15, 0.2) is 30.5 Å². The Kier molecular flexibility index (Phi) is 4.55. The van der Waals surface area contributed by atoms with Crippen LogP contribution in [0.2, 0.25) is 0 Å². The summed E-state index contributed by atoms with van der Waals surface area (Å²) < 4.78 is 0. The molecular formula is C21H28N2O2. The maximum Gasteiger partial charge on any atom is 0.222 e. The van der Waals surface area contributed by atoms with Gasteiger partial charge < -0.3 is 15.0 Å². The number of carbonyl (C=O) groups excluding carboxylic acids is 1. The molecule has 4 heteroatoms. The largest absolute Gasteiger partial charge is 0.392 e. The number of nitrogens with one attached hydrogen (secondary N) is 1. The van der Waals surface area contributed by atoms with E-state index in [-0.39, 0.29) is 17.4 Å². The van der Waals surface area contributed by atoms with Gasteiger partial charge in [-0.25, -0.2) is 0 Å². The number of likely N-dealkylation sites (tertiary alicyclic amines) is 1. The van der Waals surface area contributed by atoms with Gasteiger partial charge in [0.25, 0.3) is 0 Å². The van der Waals surface area contributed by atoms with Crippen LogP contribution in [0.4, 0.5) is 0 Å². The molecule has 2 N–H and O–H groups in total. The fraction of sp³-hybridized carbons (Fsp3) is 0.571. The number of rotatable bonds is 4. The van der Waals surface area contributed by atoms with Gasteiger partial charge in [0.05, 0.1) is 6.10 Å². The molecule has 1 saturated carbocycles. The van der Waals surface area contributed by atoms with Crippen molar-refractivity contribution < 1.29 is 9.90 Å². The molecule has 2 fully saturated rings. The fourth-order valence-corrected chi connectivity index (χ4v) is 4.90. The van der Waals surface area contributed by atoms with Crippen LogP contribution in [0.5, 0.6) is 0 Å². The Morgan fingerprint density at radius 2 is 2.12 bits per heavy atom. The van der Waals surface area contributed by atoms with Crippen LogP contribution < -0.4 is 0 Å². The number of aryl methyl sites for hydroxylation is 1. The third-order valence-corrected chi connectivity index (χ3v) is 6.33. The second-order valence-electron chi connectivity index (χ2n) is 7.90. The summed E-state index contributed by atoms with van der Waals surface area (Å²) in [6.07, 6.45) is 9.46. The molecule has 1 spiro atoms. The second-order valence-corrected chi connectivity index (χ2v) is 7.90. The standard InChI is InChI=1S/C21H28N2O2/c24-19-9-4-11-21(19)12-5-13-23(15-21)20(25)10-3-6-16-14-22-18-8-2-1-7-17(16)18/h1-2,7-8,14,19,22,24H,3-6,9-13,15H2/t19-,21+/m1/s1. The Bertz CT molecular complexity index is 753. The molecule has 0 radical (unpaired) electrons. The van der Waals surface area contributed by atoms with Gasteiger partial charge in [0.2, 0.25) is 5.91 Å². The zero-order chi connectivity index (χ0) is 17.3. The Morgan fingerprint density at radius 3 is 2.96 bits per heavy atom. The molecule has 1 aliphatic carbocycles. The van der Waals surface area contributed by atoms with Crippen molar-refractivity contribution in [1.29, 1.82) is 0 Å². The number of piperidine rings is 1. The Labute approximate surface area is 149 Å². The third-order valence-electron chi connectivity index (χ3n) is 6.33. The van der Waals surface area contributed by atoms with Gasteiger partial charge in [-0.15, -0.1) is 0 Å². The lowest BCUT2D eigenvalue weighted by Gasteiger charge is -2.42. The molecule has 1 aromatic carbocycles. The molecule has 2 aliphatic rings. The number of hydrogen-bond donors (Lipinski definition) is 2. The number of aliphatic hydroxyl groups excluding tert-OH is 1. The summed E-state index contributed by atoms with van der Waals surface area (Å²) >= 11 is 0. The Balaban J connectivity index is 1.33. The number of fused-ring (bicyclic) bond motifs is 1. The number of hydrogen-bond acceptors (Lipinski definition) is 2. The Hall–Kier alpha value is -1.81. The van der Waals surface area contributed by atoms with Crippen molar-refractivity contribution in [1.82, 2.24) is 9.88 Å². The Morgan fingerprint density at radius 1 is 1.28 bits per heavy atom. The maximum atomic E-state index is 12.7. The van der Waals surface area contributed by atoms with Gasteiger partial charge in [-0.05, 0) is 50.2 Å². The minimum atomic E-state index is -0.214. The summed E-state index contributed by atoms with van der Waals surface area (Å²) in [6.45, 7) is 1.63. The molecule has 1 aromatic heterocycles. The zero-order valence-electron chi connectivity index (χ0n) is 14.8. The number of carbonyl (C=O) groups is 1. The normalized spacial score (nSPS) is 26.6. The van der Waals surface area contributed by atoms with Gasteiger partial charge in [0.15, 0.2) is 0 Å². The van der Waals surface area contributed by atoms with E-state index in [1.165, 1.54) is 10.9 Å². The summed E-state index contributed by atoms with van der Waals surface area (Å²) in [4.78, 5) is 18.0. The van der Waals surface area contributed by atoms with Gasteiger partial charge in [0, 0.05) is 42.0 Å². The lowest BCUT2D eigenvalue weighted by molar-refractivity contribution is -0.136. The van der Waals surface area contributed by atoms with E-state index in [2.05, 4.69) is 29.4 Å². The van der Waals surface area contributed by atoms with E-state index in [9.17, 15) is 9.90 Å². The van der Waals surface area contributed by atoms with Crippen LogP contribution in [-0.4, -0.2) is 40.1 Å². The molecule has 1 aliphatic heterocycles. The molecule has 0 bridgehead atoms. The summed E-state index contributed by atoms with van der Waals surface area (Å²) in [5.41, 5.74) is 2.45. The van der Waals surface area contributed by atoms with Crippen LogP contribution >= 0.6 is 0 Å². The van der Waals surface area contributed by atoms with E-state index in [1.807, 2.05) is 11.0 Å². The number of para-hydroxylation sites is 1. The summed E-state index contributed by atoms with van der Waals surface area (Å²) in [6, 6.07) is 8.32. The van der Waals surface area contributed by atoms with E-state index >= 15 is 0 Å². The SMILES string of the molecule is O=C(CCCc1c[nH]c2ccccc12)N1CCC[C@@]2(CCC[C@H]2O)C1. The molecule has 25 heavy (non-hydrogen) atoms. The van der Waals surface area contributed by atoms with Gasteiger partial charge in [-0.3, -0.25) is 4.79 Å². The van der Waals surface area contributed by atoms with Gasteiger partial charge >= 0.3 is 0 Å². The summed E-state index contributed by atoms with van der Waals surface area (Å²) in [5.74, 6) is 0.262. The predicted molar refractivity (Wildman–Crippen MR) is 99.3 cm³/mol. The van der Waals surface area contributed by atoms with Crippen molar-refractivity contribution in [3.05, 3.63) is 36.0 Å². The maximum absolute atomic E-state index is 12.7. The molecule has 2 heterocycles. The highest BCUT2D eigenvalue weighted by atomic mass is 16.3. The number of aromatic nitrogens is 1. The topological polar surface area (TPSA) is 56.3 Å². The lowest BCUT2D eigenvalue weighted by Crippen LogP contribution is -2.49. The second kappa shape index (κ2) is 6.83. The van der Waals surface area contributed by atoms with Crippen LogP contribution in [0.3, 0.4) is 0 Å². The molecule has 4 nitrogen and oxygen atoms in total.